The van der Waals surface area contributed by atoms with E-state index in [1.165, 1.54) is 11.1 Å². The topological polar surface area (TPSA) is 17.8 Å². The molecule has 0 saturated carbocycles. The molecule has 0 saturated heterocycles. The summed E-state index contributed by atoms with van der Waals surface area (Å²) in [4.78, 5) is 4.57. The van der Waals surface area contributed by atoms with Gasteiger partial charge in [-0.05, 0) is 35.7 Å². The molecule has 0 radical (unpaired) electrons. The Bertz CT molecular complexity index is 924. The number of para-hydroxylation sites is 1. The van der Waals surface area contributed by atoms with Crippen molar-refractivity contribution in [3.05, 3.63) is 108 Å². The van der Waals surface area contributed by atoms with Crippen molar-refractivity contribution in [2.75, 3.05) is 0 Å². The first kappa shape index (κ1) is 14.5. The van der Waals surface area contributed by atoms with Crippen molar-refractivity contribution in [3.8, 4) is 17.1 Å². The first-order valence-corrected chi connectivity index (χ1v) is 8.12. The van der Waals surface area contributed by atoms with Gasteiger partial charge in [-0.25, -0.2) is 4.98 Å². The van der Waals surface area contributed by atoms with Gasteiger partial charge < -0.3 is 0 Å². The molecule has 0 aliphatic rings. The van der Waals surface area contributed by atoms with E-state index >= 15 is 0 Å². The van der Waals surface area contributed by atoms with E-state index < -0.39 is 0 Å². The summed E-state index contributed by atoms with van der Waals surface area (Å²) in [6.45, 7) is 0. The summed E-state index contributed by atoms with van der Waals surface area (Å²) >= 11 is 0. The maximum Gasteiger partial charge on any atom is 0.144 e. The van der Waals surface area contributed by atoms with E-state index in [1.54, 1.807) is 0 Å². The van der Waals surface area contributed by atoms with Crippen LogP contribution in [0.2, 0.25) is 0 Å². The summed E-state index contributed by atoms with van der Waals surface area (Å²) in [6.07, 6.45) is 4.79. The van der Waals surface area contributed by atoms with Crippen molar-refractivity contribution in [2.45, 2.75) is 6.42 Å². The van der Waals surface area contributed by atoms with Gasteiger partial charge in [0.2, 0.25) is 0 Å². The SMILES string of the molecule is c1ccc(Cc2cccc(-c3nccn3-c3ccccc3)c2)cc1. The Labute approximate surface area is 142 Å². The molecule has 0 bridgehead atoms. The summed E-state index contributed by atoms with van der Waals surface area (Å²) in [7, 11) is 0. The highest BCUT2D eigenvalue weighted by Crippen LogP contribution is 2.23. The molecule has 0 N–H and O–H groups in total. The second-order valence-corrected chi connectivity index (χ2v) is 5.82. The number of imidazole rings is 1. The van der Waals surface area contributed by atoms with Crippen molar-refractivity contribution < 1.29 is 0 Å². The Morgan fingerprint density at radius 1 is 0.708 bits per heavy atom. The van der Waals surface area contributed by atoms with E-state index in [0.717, 1.165) is 23.5 Å². The van der Waals surface area contributed by atoms with Crippen LogP contribution >= 0.6 is 0 Å². The lowest BCUT2D eigenvalue weighted by atomic mass is 10.0. The fourth-order valence-corrected chi connectivity index (χ4v) is 2.97. The fraction of sp³-hybridized carbons (Fsp3) is 0.0455. The third-order valence-electron chi connectivity index (χ3n) is 4.11. The molecule has 0 spiro atoms. The predicted molar refractivity (Wildman–Crippen MR) is 98.2 cm³/mol. The smallest absolute Gasteiger partial charge is 0.144 e. The van der Waals surface area contributed by atoms with Gasteiger partial charge in [0.15, 0.2) is 0 Å². The highest BCUT2D eigenvalue weighted by molar-refractivity contribution is 5.60. The van der Waals surface area contributed by atoms with Gasteiger partial charge in [0.25, 0.3) is 0 Å². The molecule has 116 valence electrons. The number of benzene rings is 3. The Morgan fingerprint density at radius 3 is 2.21 bits per heavy atom. The summed E-state index contributed by atoms with van der Waals surface area (Å²) in [5.74, 6) is 0.969. The van der Waals surface area contributed by atoms with Crippen molar-refractivity contribution in [1.29, 1.82) is 0 Å². The Kier molecular flexibility index (Phi) is 3.95. The van der Waals surface area contributed by atoms with Crippen LogP contribution in [-0.2, 0) is 6.42 Å². The minimum Gasteiger partial charge on any atom is -0.300 e. The summed E-state index contributed by atoms with van der Waals surface area (Å²) < 4.78 is 2.13. The maximum atomic E-state index is 4.57. The van der Waals surface area contributed by atoms with Gasteiger partial charge in [-0.15, -0.1) is 0 Å². The van der Waals surface area contributed by atoms with E-state index in [2.05, 4.69) is 76.3 Å². The van der Waals surface area contributed by atoms with Gasteiger partial charge in [-0.3, -0.25) is 4.57 Å². The van der Waals surface area contributed by atoms with E-state index in [1.807, 2.05) is 30.6 Å². The van der Waals surface area contributed by atoms with Crippen molar-refractivity contribution in [2.24, 2.45) is 0 Å². The number of hydrogen-bond donors (Lipinski definition) is 0. The minimum absolute atomic E-state index is 0.931. The molecule has 1 heterocycles. The van der Waals surface area contributed by atoms with Crippen LogP contribution in [0.15, 0.2) is 97.3 Å². The monoisotopic (exact) mass is 310 g/mol. The first-order chi connectivity index (χ1) is 11.9. The van der Waals surface area contributed by atoms with E-state index in [9.17, 15) is 0 Å². The zero-order valence-corrected chi connectivity index (χ0v) is 13.3. The first-order valence-electron chi connectivity index (χ1n) is 8.12. The standard InChI is InChI=1S/C22H18N2/c1-3-8-18(9-4-1)16-19-10-7-11-20(17-19)22-23-14-15-24(22)21-12-5-2-6-13-21/h1-15,17H,16H2. The molecule has 2 nitrogen and oxygen atoms in total. The third kappa shape index (κ3) is 2.99. The lowest BCUT2D eigenvalue weighted by Gasteiger charge is -2.09. The summed E-state index contributed by atoms with van der Waals surface area (Å²) in [5.41, 5.74) is 4.87. The van der Waals surface area contributed by atoms with Crippen LogP contribution in [0.5, 0.6) is 0 Å². The molecular weight excluding hydrogens is 292 g/mol. The van der Waals surface area contributed by atoms with E-state index in [4.69, 9.17) is 0 Å². The predicted octanol–water partition coefficient (Wildman–Crippen LogP) is 5.13. The normalized spacial score (nSPS) is 10.7. The molecule has 1 aromatic heterocycles. The third-order valence-corrected chi connectivity index (χ3v) is 4.11. The van der Waals surface area contributed by atoms with Gasteiger partial charge in [-0.2, -0.15) is 0 Å². The van der Waals surface area contributed by atoms with Crippen molar-refractivity contribution in [1.82, 2.24) is 9.55 Å². The minimum atomic E-state index is 0.931. The van der Waals surface area contributed by atoms with E-state index in [-0.39, 0.29) is 0 Å². The second kappa shape index (κ2) is 6.55. The van der Waals surface area contributed by atoms with Crippen LogP contribution in [0, 0.1) is 0 Å². The maximum absolute atomic E-state index is 4.57. The molecule has 0 aliphatic carbocycles. The molecule has 24 heavy (non-hydrogen) atoms. The second-order valence-electron chi connectivity index (χ2n) is 5.82. The van der Waals surface area contributed by atoms with E-state index in [0.29, 0.717) is 0 Å². The van der Waals surface area contributed by atoms with Gasteiger partial charge in [0.05, 0.1) is 0 Å². The molecule has 4 rings (SSSR count). The van der Waals surface area contributed by atoms with Crippen LogP contribution in [0.25, 0.3) is 17.1 Å². The van der Waals surface area contributed by atoms with Crippen LogP contribution in [0.4, 0.5) is 0 Å². The summed E-state index contributed by atoms with van der Waals surface area (Å²) in [6, 6.07) is 29.5. The fourth-order valence-electron chi connectivity index (χ4n) is 2.97. The Balaban J connectivity index is 1.69. The number of hydrogen-bond acceptors (Lipinski definition) is 1. The Hall–Kier alpha value is -3.13. The average molecular weight is 310 g/mol. The van der Waals surface area contributed by atoms with Crippen molar-refractivity contribution >= 4 is 0 Å². The molecule has 2 heteroatoms. The lowest BCUT2D eigenvalue weighted by molar-refractivity contribution is 1.06. The number of aromatic nitrogens is 2. The molecule has 0 atom stereocenters. The van der Waals surface area contributed by atoms with Crippen LogP contribution in [0.1, 0.15) is 11.1 Å². The highest BCUT2D eigenvalue weighted by Gasteiger charge is 2.08. The Morgan fingerprint density at radius 2 is 1.42 bits per heavy atom. The van der Waals surface area contributed by atoms with Gasteiger partial charge in [-0.1, -0.05) is 66.7 Å². The van der Waals surface area contributed by atoms with Crippen LogP contribution < -0.4 is 0 Å². The molecule has 0 aliphatic heterocycles. The van der Waals surface area contributed by atoms with Gasteiger partial charge in [0, 0.05) is 23.6 Å². The lowest BCUT2D eigenvalue weighted by Crippen LogP contribution is -1.96. The van der Waals surface area contributed by atoms with Gasteiger partial charge >= 0.3 is 0 Å². The van der Waals surface area contributed by atoms with Crippen LogP contribution in [-0.4, -0.2) is 9.55 Å². The van der Waals surface area contributed by atoms with Gasteiger partial charge in [0.1, 0.15) is 5.82 Å². The molecule has 3 aromatic carbocycles. The molecule has 0 amide bonds. The number of rotatable bonds is 4. The van der Waals surface area contributed by atoms with Crippen LogP contribution in [0.3, 0.4) is 0 Å². The highest BCUT2D eigenvalue weighted by atomic mass is 15.1. The molecule has 0 unspecified atom stereocenters. The summed E-state index contributed by atoms with van der Waals surface area (Å²) in [5, 5.41) is 0. The largest absolute Gasteiger partial charge is 0.300 e. The van der Waals surface area contributed by atoms with Crippen molar-refractivity contribution in [3.63, 3.8) is 0 Å². The molecule has 0 fully saturated rings. The number of nitrogens with zero attached hydrogens (tertiary/aromatic N) is 2. The zero-order chi connectivity index (χ0) is 16.2. The average Bonchev–Trinajstić information content (AvgIpc) is 3.13. The molecule has 4 aromatic rings. The molecular formula is C22H18N2. The zero-order valence-electron chi connectivity index (χ0n) is 13.3. The quantitative estimate of drug-likeness (QED) is 0.511.